The largest absolute Gasteiger partial charge is 0.345 e. The lowest BCUT2D eigenvalue weighted by molar-refractivity contribution is -0.132. The molecule has 0 radical (unpaired) electrons. The summed E-state index contributed by atoms with van der Waals surface area (Å²) in [6.45, 7) is 4.49. The molecule has 3 atom stereocenters. The summed E-state index contributed by atoms with van der Waals surface area (Å²) < 4.78 is 0. The lowest BCUT2D eigenvalue weighted by Crippen LogP contribution is -2.50. The van der Waals surface area contributed by atoms with Gasteiger partial charge < -0.3 is 10.2 Å². The Bertz CT molecular complexity index is 1650. The Morgan fingerprint density at radius 2 is 1.75 bits per heavy atom. The molecule has 3 aromatic carbocycles. The molecule has 44 heavy (non-hydrogen) atoms. The highest BCUT2D eigenvalue weighted by Gasteiger charge is 2.50. The zero-order valence-corrected chi connectivity index (χ0v) is 25.9. The van der Waals surface area contributed by atoms with E-state index in [-0.39, 0.29) is 30.3 Å². The lowest BCUT2D eigenvalue weighted by atomic mass is 9.85. The Morgan fingerprint density at radius 3 is 2.39 bits per heavy atom. The van der Waals surface area contributed by atoms with Crippen molar-refractivity contribution in [2.75, 3.05) is 6.54 Å². The minimum atomic E-state index is -0.687. The summed E-state index contributed by atoms with van der Waals surface area (Å²) in [5, 5.41) is 7.94. The number of carbonyl (C=O) groups excluding carboxylic acids is 2. The third kappa shape index (κ3) is 5.95. The first-order chi connectivity index (χ1) is 21.3. The second kappa shape index (κ2) is 12.4. The molecule has 226 valence electrons. The van der Waals surface area contributed by atoms with Gasteiger partial charge in [0.1, 0.15) is 11.4 Å². The number of hydrogen-bond donors (Lipinski definition) is 4. The standard InChI is InChI=1S/C33H33Cl2N7O2/c1-3-28(22-8-12-24(13-9-22)31(43)36-19-29-38-40-41-39-29)42-32(44)30(37-33(42)14-4-5-20(2)18-33)23-10-6-21(7-11-23)25-15-26(34)17-27(35)16-25/h4-13,15-17,20,28,40-41H,3,14,18-19H2,1-2H3,(H,36,43)(H,38,39)/t20?,28-,33?/m1/s1. The SMILES string of the molecule is CC[C@H](c1ccc(C(=O)NCC2=NNNN2)cc1)N1C(=O)C(c2ccc(-c3cc(Cl)cc(Cl)c3)cc2)=NC12CC=CC(C)C2. The molecule has 3 aromatic rings. The quantitative estimate of drug-likeness (QED) is 0.236. The van der Waals surface area contributed by atoms with Crippen molar-refractivity contribution >= 4 is 46.6 Å². The van der Waals surface area contributed by atoms with Crippen molar-refractivity contribution in [3.8, 4) is 11.1 Å². The molecular weight excluding hydrogens is 597 g/mol. The minimum absolute atomic E-state index is 0.0909. The average molecular weight is 631 g/mol. The van der Waals surface area contributed by atoms with E-state index in [9.17, 15) is 9.59 Å². The Morgan fingerprint density at radius 1 is 1.05 bits per heavy atom. The molecule has 0 fully saturated rings. The molecule has 2 unspecified atom stereocenters. The molecule has 0 saturated heterocycles. The van der Waals surface area contributed by atoms with Gasteiger partial charge >= 0.3 is 0 Å². The number of carbonyl (C=O) groups is 2. The number of halogens is 2. The number of rotatable bonds is 8. The smallest absolute Gasteiger partial charge is 0.275 e. The summed E-state index contributed by atoms with van der Waals surface area (Å²) in [6, 6.07) is 20.5. The topological polar surface area (TPSA) is 110 Å². The summed E-state index contributed by atoms with van der Waals surface area (Å²) in [5.74, 6) is 0.542. The second-order valence-electron chi connectivity index (χ2n) is 11.3. The molecule has 3 aliphatic rings. The van der Waals surface area contributed by atoms with Crippen LogP contribution in [0.25, 0.3) is 11.1 Å². The van der Waals surface area contributed by atoms with Crippen molar-refractivity contribution in [1.82, 2.24) is 26.7 Å². The van der Waals surface area contributed by atoms with Gasteiger partial charge in [0.2, 0.25) is 0 Å². The Hall–Kier alpha value is -4.18. The van der Waals surface area contributed by atoms with Crippen LogP contribution in [0.5, 0.6) is 0 Å². The van der Waals surface area contributed by atoms with E-state index in [0.717, 1.165) is 28.7 Å². The lowest BCUT2D eigenvalue weighted by Gasteiger charge is -2.43. The first-order valence-electron chi connectivity index (χ1n) is 14.6. The molecule has 2 aliphatic heterocycles. The van der Waals surface area contributed by atoms with Gasteiger partial charge in [0.25, 0.3) is 11.8 Å². The second-order valence-corrected chi connectivity index (χ2v) is 12.2. The number of nitrogens with one attached hydrogen (secondary N) is 4. The van der Waals surface area contributed by atoms with Crippen LogP contribution in [0.4, 0.5) is 0 Å². The van der Waals surface area contributed by atoms with Gasteiger partial charge in [0.05, 0.1) is 12.6 Å². The van der Waals surface area contributed by atoms with E-state index < -0.39 is 5.66 Å². The molecule has 1 aliphatic carbocycles. The fourth-order valence-electron chi connectivity index (χ4n) is 6.21. The predicted molar refractivity (Wildman–Crippen MR) is 174 cm³/mol. The maximum Gasteiger partial charge on any atom is 0.275 e. The number of hydrazine groups is 2. The van der Waals surface area contributed by atoms with E-state index in [1.165, 1.54) is 0 Å². The fraction of sp³-hybridized carbons (Fsp3) is 0.273. The number of aliphatic imine (C=N–C) groups is 1. The highest BCUT2D eigenvalue weighted by molar-refractivity contribution is 6.47. The molecule has 0 aromatic heterocycles. The van der Waals surface area contributed by atoms with Crippen molar-refractivity contribution < 1.29 is 9.59 Å². The number of hydrogen-bond acceptors (Lipinski definition) is 7. The van der Waals surface area contributed by atoms with Gasteiger partial charge in [0.15, 0.2) is 5.84 Å². The number of benzene rings is 3. The van der Waals surface area contributed by atoms with Crippen LogP contribution in [0.3, 0.4) is 0 Å². The van der Waals surface area contributed by atoms with Gasteiger partial charge in [-0.3, -0.25) is 20.0 Å². The van der Waals surface area contributed by atoms with Crippen molar-refractivity contribution in [2.45, 2.75) is 44.8 Å². The molecule has 2 heterocycles. The van der Waals surface area contributed by atoms with Gasteiger partial charge in [0, 0.05) is 27.6 Å². The van der Waals surface area contributed by atoms with Crippen LogP contribution in [0.15, 0.2) is 89.0 Å². The van der Waals surface area contributed by atoms with Crippen LogP contribution < -0.4 is 21.8 Å². The van der Waals surface area contributed by atoms with E-state index in [4.69, 9.17) is 28.2 Å². The Labute approximate surface area is 266 Å². The van der Waals surface area contributed by atoms with E-state index in [1.807, 2.05) is 53.4 Å². The van der Waals surface area contributed by atoms with Crippen molar-refractivity contribution in [3.05, 3.63) is 106 Å². The van der Waals surface area contributed by atoms with Crippen molar-refractivity contribution in [3.63, 3.8) is 0 Å². The van der Waals surface area contributed by atoms with Crippen LogP contribution in [-0.4, -0.2) is 40.5 Å². The van der Waals surface area contributed by atoms with E-state index in [0.29, 0.717) is 40.0 Å². The number of nitrogens with zero attached hydrogens (tertiary/aromatic N) is 3. The normalized spacial score (nSPS) is 21.5. The van der Waals surface area contributed by atoms with Crippen molar-refractivity contribution in [2.24, 2.45) is 16.0 Å². The van der Waals surface area contributed by atoms with Gasteiger partial charge in [-0.15, -0.1) is 10.6 Å². The first-order valence-corrected chi connectivity index (χ1v) is 15.4. The minimum Gasteiger partial charge on any atom is -0.345 e. The number of allylic oxidation sites excluding steroid dienone is 1. The van der Waals surface area contributed by atoms with Crippen LogP contribution in [-0.2, 0) is 4.79 Å². The summed E-state index contributed by atoms with van der Waals surface area (Å²) >= 11 is 12.5. The molecule has 11 heteroatoms. The number of amidine groups is 1. The Kier molecular flexibility index (Phi) is 8.44. The van der Waals surface area contributed by atoms with Crippen molar-refractivity contribution in [1.29, 1.82) is 0 Å². The molecule has 0 bridgehead atoms. The zero-order chi connectivity index (χ0) is 30.8. The summed E-state index contributed by atoms with van der Waals surface area (Å²) in [6.07, 6.45) is 6.40. The summed E-state index contributed by atoms with van der Waals surface area (Å²) in [5.41, 5.74) is 11.9. The molecule has 1 spiro atoms. The van der Waals surface area contributed by atoms with Gasteiger partial charge in [-0.1, -0.05) is 85.6 Å². The summed E-state index contributed by atoms with van der Waals surface area (Å²) in [7, 11) is 0. The maximum absolute atomic E-state index is 14.3. The third-order valence-electron chi connectivity index (χ3n) is 8.23. The molecule has 9 nitrogen and oxygen atoms in total. The first kappa shape index (κ1) is 29.9. The molecule has 2 amide bonds. The maximum atomic E-state index is 14.3. The molecular formula is C33H33Cl2N7O2. The zero-order valence-electron chi connectivity index (χ0n) is 24.4. The van der Waals surface area contributed by atoms with E-state index >= 15 is 0 Å². The molecule has 0 saturated carbocycles. The highest BCUT2D eigenvalue weighted by atomic mass is 35.5. The van der Waals surface area contributed by atoms with Gasteiger partial charge in [-0.25, -0.2) is 5.53 Å². The molecule has 4 N–H and O–H groups in total. The van der Waals surface area contributed by atoms with E-state index in [2.05, 4.69) is 52.9 Å². The fourth-order valence-corrected chi connectivity index (χ4v) is 6.74. The number of hydrazone groups is 1. The summed E-state index contributed by atoms with van der Waals surface area (Å²) in [4.78, 5) is 34.3. The molecule has 6 rings (SSSR count). The van der Waals surface area contributed by atoms with Gasteiger partial charge in [-0.2, -0.15) is 0 Å². The van der Waals surface area contributed by atoms with E-state index in [1.54, 1.807) is 18.2 Å². The number of amides is 2. The Balaban J connectivity index is 1.27. The van der Waals surface area contributed by atoms with Crippen LogP contribution in [0.2, 0.25) is 10.0 Å². The third-order valence-corrected chi connectivity index (χ3v) is 8.66. The van der Waals surface area contributed by atoms with Crippen LogP contribution in [0.1, 0.15) is 60.6 Å². The predicted octanol–water partition coefficient (Wildman–Crippen LogP) is 5.78. The average Bonchev–Trinajstić information content (AvgIpc) is 3.63. The monoisotopic (exact) mass is 629 g/mol. The highest BCUT2D eigenvalue weighted by Crippen LogP contribution is 2.45. The van der Waals surface area contributed by atoms with Gasteiger partial charge in [-0.05, 0) is 65.8 Å². The van der Waals surface area contributed by atoms with Crippen LogP contribution >= 0.6 is 23.2 Å². The van der Waals surface area contributed by atoms with Crippen LogP contribution in [0, 0.1) is 5.92 Å².